The summed E-state index contributed by atoms with van der Waals surface area (Å²) in [6, 6.07) is 5.09. The minimum atomic E-state index is -0.0548. The number of amides is 1. The summed E-state index contributed by atoms with van der Waals surface area (Å²) in [7, 11) is 0. The molecule has 2 nitrogen and oxygen atoms in total. The van der Waals surface area contributed by atoms with Gasteiger partial charge in [-0.3, -0.25) is 4.79 Å². The zero-order valence-electron chi connectivity index (χ0n) is 13.7. The lowest BCUT2D eigenvalue weighted by molar-refractivity contribution is -0.114. The summed E-state index contributed by atoms with van der Waals surface area (Å²) in [6.45, 7) is 4.82. The van der Waals surface area contributed by atoms with Crippen molar-refractivity contribution in [3.63, 3.8) is 0 Å². The van der Waals surface area contributed by atoms with Crippen molar-refractivity contribution in [3.8, 4) is 0 Å². The van der Waals surface area contributed by atoms with Gasteiger partial charge in [-0.25, -0.2) is 0 Å². The van der Waals surface area contributed by atoms with Gasteiger partial charge in [0.05, 0.1) is 10.6 Å². The molecule has 4 heteroatoms. The van der Waals surface area contributed by atoms with Gasteiger partial charge in [-0.15, -0.1) is 0 Å². The Balaban J connectivity index is 1.62. The van der Waals surface area contributed by atoms with E-state index in [2.05, 4.69) is 19.2 Å². The van der Waals surface area contributed by atoms with E-state index in [4.69, 9.17) is 23.2 Å². The van der Waals surface area contributed by atoms with Crippen LogP contribution in [0.4, 0.5) is 0 Å². The molecule has 5 rings (SSSR count). The van der Waals surface area contributed by atoms with Crippen molar-refractivity contribution < 1.29 is 4.79 Å². The van der Waals surface area contributed by atoms with E-state index in [1.54, 1.807) is 18.2 Å². The molecule has 0 aromatic heterocycles. The van der Waals surface area contributed by atoms with Gasteiger partial charge in [-0.1, -0.05) is 37.0 Å². The van der Waals surface area contributed by atoms with Gasteiger partial charge < -0.3 is 5.32 Å². The minimum absolute atomic E-state index is 0.0526. The molecule has 1 aromatic carbocycles. The van der Waals surface area contributed by atoms with Crippen molar-refractivity contribution in [1.29, 1.82) is 0 Å². The topological polar surface area (TPSA) is 29.1 Å². The average molecular weight is 352 g/mol. The Morgan fingerprint density at radius 3 is 2.30 bits per heavy atom. The van der Waals surface area contributed by atoms with Crippen LogP contribution < -0.4 is 5.32 Å². The van der Waals surface area contributed by atoms with Gasteiger partial charge in [0.2, 0.25) is 0 Å². The second kappa shape index (κ2) is 4.89. The van der Waals surface area contributed by atoms with E-state index in [0.717, 1.165) is 25.2 Å². The molecule has 4 aliphatic rings. The van der Waals surface area contributed by atoms with Crippen molar-refractivity contribution in [1.82, 2.24) is 5.32 Å². The summed E-state index contributed by atoms with van der Waals surface area (Å²) in [5, 5.41) is 4.37. The summed E-state index contributed by atoms with van der Waals surface area (Å²) in [6.07, 6.45) is 7.26. The van der Waals surface area contributed by atoms with Crippen molar-refractivity contribution in [2.45, 2.75) is 57.9 Å². The van der Waals surface area contributed by atoms with E-state index in [1.807, 2.05) is 0 Å². The summed E-state index contributed by atoms with van der Waals surface area (Å²) in [4.78, 5) is 12.8. The van der Waals surface area contributed by atoms with Crippen LogP contribution in [0, 0.1) is 16.7 Å². The van der Waals surface area contributed by atoms with Crippen molar-refractivity contribution in [2.75, 3.05) is 0 Å². The molecule has 0 aliphatic heterocycles. The molecule has 0 saturated heterocycles. The van der Waals surface area contributed by atoms with Crippen LogP contribution >= 0.6 is 23.2 Å². The maximum absolute atomic E-state index is 12.8. The Kier molecular flexibility index (Phi) is 3.36. The minimum Gasteiger partial charge on any atom is -0.347 e. The quantitative estimate of drug-likeness (QED) is 0.751. The van der Waals surface area contributed by atoms with Crippen molar-refractivity contribution in [2.24, 2.45) is 16.7 Å². The number of hydrogen-bond acceptors (Lipinski definition) is 1. The zero-order valence-corrected chi connectivity index (χ0v) is 15.2. The molecule has 4 fully saturated rings. The van der Waals surface area contributed by atoms with E-state index < -0.39 is 0 Å². The molecule has 4 atom stereocenters. The molecule has 1 N–H and O–H groups in total. The van der Waals surface area contributed by atoms with Gasteiger partial charge in [0.25, 0.3) is 5.91 Å². The van der Waals surface area contributed by atoms with Gasteiger partial charge in [0, 0.05) is 10.6 Å². The van der Waals surface area contributed by atoms with E-state index in [0.29, 0.717) is 26.4 Å². The van der Waals surface area contributed by atoms with Crippen LogP contribution in [0.1, 0.15) is 62.7 Å². The lowest BCUT2D eigenvalue weighted by Crippen LogP contribution is -2.65. The monoisotopic (exact) mass is 351 g/mol. The summed E-state index contributed by atoms with van der Waals surface area (Å²) >= 11 is 12.2. The maximum Gasteiger partial charge on any atom is 0.253 e. The van der Waals surface area contributed by atoms with Crippen LogP contribution in [0.2, 0.25) is 10.0 Å². The van der Waals surface area contributed by atoms with E-state index in [1.165, 1.54) is 19.3 Å². The fourth-order valence-electron chi connectivity index (χ4n) is 6.57. The molecule has 0 radical (unpaired) electrons. The Morgan fingerprint density at radius 1 is 1.09 bits per heavy atom. The number of nitrogens with one attached hydrogen (secondary N) is 1. The van der Waals surface area contributed by atoms with E-state index >= 15 is 0 Å². The first kappa shape index (κ1) is 15.8. The molecular weight excluding hydrogens is 329 g/mol. The van der Waals surface area contributed by atoms with Crippen LogP contribution in [0.3, 0.4) is 0 Å². The van der Waals surface area contributed by atoms with Gasteiger partial charge in [0.1, 0.15) is 0 Å². The highest BCUT2D eigenvalue weighted by molar-refractivity contribution is 6.36. The smallest absolute Gasteiger partial charge is 0.253 e. The molecule has 124 valence electrons. The first-order chi connectivity index (χ1) is 10.7. The number of carbonyl (C=O) groups excluding carboxylic acids is 1. The van der Waals surface area contributed by atoms with Gasteiger partial charge >= 0.3 is 0 Å². The third kappa shape index (κ3) is 2.68. The molecule has 0 spiro atoms. The van der Waals surface area contributed by atoms with Crippen LogP contribution in [0.25, 0.3) is 0 Å². The fourth-order valence-corrected chi connectivity index (χ4v) is 7.06. The average Bonchev–Trinajstić information content (AvgIpc) is 2.32. The lowest BCUT2D eigenvalue weighted by Gasteiger charge is -2.65. The zero-order chi connectivity index (χ0) is 16.5. The Hall–Kier alpha value is -0.730. The fraction of sp³-hybridized carbons (Fsp3) is 0.632. The largest absolute Gasteiger partial charge is 0.347 e. The number of carbonyl (C=O) groups is 1. The van der Waals surface area contributed by atoms with Crippen LogP contribution in [-0.2, 0) is 0 Å². The highest BCUT2D eigenvalue weighted by Crippen LogP contribution is 2.66. The number of halogens is 2. The molecule has 1 amide bonds. The first-order valence-corrected chi connectivity index (χ1v) is 9.23. The van der Waals surface area contributed by atoms with E-state index in [9.17, 15) is 4.79 Å². The van der Waals surface area contributed by atoms with Crippen molar-refractivity contribution in [3.05, 3.63) is 33.8 Å². The van der Waals surface area contributed by atoms with Crippen LogP contribution in [-0.4, -0.2) is 11.4 Å². The number of rotatable bonds is 2. The third-order valence-corrected chi connectivity index (χ3v) is 6.73. The number of benzene rings is 1. The first-order valence-electron chi connectivity index (χ1n) is 8.48. The Labute approximate surface area is 147 Å². The predicted molar refractivity (Wildman–Crippen MR) is 94.1 cm³/mol. The summed E-state index contributed by atoms with van der Waals surface area (Å²) in [5.41, 5.74) is 1.24. The highest BCUT2D eigenvalue weighted by atomic mass is 35.5. The molecule has 1 aromatic rings. The second-order valence-corrected chi connectivity index (χ2v) is 9.83. The Bertz CT molecular complexity index is 668. The lowest BCUT2D eigenvalue weighted by atomic mass is 9.43. The summed E-state index contributed by atoms with van der Waals surface area (Å²) < 4.78 is 0. The summed E-state index contributed by atoms with van der Waals surface area (Å²) in [5.74, 6) is 0.697. The molecular formula is C19H23Cl2NO. The molecule has 23 heavy (non-hydrogen) atoms. The Morgan fingerprint density at radius 2 is 1.74 bits per heavy atom. The molecule has 2 unspecified atom stereocenters. The van der Waals surface area contributed by atoms with Crippen LogP contribution in [0.5, 0.6) is 0 Å². The van der Waals surface area contributed by atoms with Gasteiger partial charge in [-0.05, 0) is 73.5 Å². The highest BCUT2D eigenvalue weighted by Gasteiger charge is 2.60. The molecule has 4 bridgehead atoms. The van der Waals surface area contributed by atoms with E-state index in [-0.39, 0.29) is 11.4 Å². The van der Waals surface area contributed by atoms with Gasteiger partial charge in [-0.2, -0.15) is 0 Å². The normalized spacial score (nSPS) is 41.1. The maximum atomic E-state index is 12.8. The predicted octanol–water partition coefficient (Wildman–Crippen LogP) is 5.47. The molecule has 4 saturated carbocycles. The third-order valence-electron chi connectivity index (χ3n) is 6.18. The van der Waals surface area contributed by atoms with Crippen molar-refractivity contribution >= 4 is 29.1 Å². The number of hydrogen-bond donors (Lipinski definition) is 1. The second-order valence-electron chi connectivity index (χ2n) is 8.99. The standard InChI is InChI=1S/C19H23Cl2NO/c1-17-6-12-7-18(2,9-17)11-19(8-12,10-17)22-16(23)14-4-3-13(20)5-15(14)21/h3-5,12H,6-11H2,1-2H3,(H,22,23)/t12?,17-,18+,19?. The molecule has 4 aliphatic carbocycles. The van der Waals surface area contributed by atoms with Gasteiger partial charge in [0.15, 0.2) is 0 Å². The van der Waals surface area contributed by atoms with Crippen LogP contribution in [0.15, 0.2) is 18.2 Å². The SMILES string of the molecule is C[C@]12CC3CC(NC(=O)c4ccc(Cl)cc4Cl)(C1)C[C@@](C)(C3)C2. The molecule has 0 heterocycles.